The number of carbonyl (C=O) groups excluding carboxylic acids is 1. The van der Waals surface area contributed by atoms with Crippen LogP contribution in [0.5, 0.6) is 0 Å². The molecule has 1 atom stereocenters. The fraction of sp³-hybridized carbons (Fsp3) is 0.560. The van der Waals surface area contributed by atoms with E-state index in [1.807, 2.05) is 45.0 Å². The van der Waals surface area contributed by atoms with Gasteiger partial charge in [0, 0.05) is 24.4 Å². The van der Waals surface area contributed by atoms with Crippen molar-refractivity contribution in [2.75, 3.05) is 5.32 Å². The zero-order chi connectivity index (χ0) is 25.5. The topological polar surface area (TPSA) is 80.0 Å². The fourth-order valence-corrected chi connectivity index (χ4v) is 3.83. The van der Waals surface area contributed by atoms with Gasteiger partial charge in [-0.1, -0.05) is 29.8 Å². The van der Waals surface area contributed by atoms with Crippen molar-refractivity contribution in [1.29, 1.82) is 0 Å². The van der Waals surface area contributed by atoms with E-state index in [1.54, 1.807) is 19.9 Å². The third-order valence-electron chi connectivity index (χ3n) is 5.49. The van der Waals surface area contributed by atoms with E-state index in [-0.39, 0.29) is 30.4 Å². The van der Waals surface area contributed by atoms with Crippen LogP contribution >= 0.6 is 0 Å². The molecule has 6 nitrogen and oxygen atoms in total. The van der Waals surface area contributed by atoms with E-state index in [9.17, 15) is 23.1 Å². The molecule has 0 aliphatic heterocycles. The first kappa shape index (κ1) is 27.6. The van der Waals surface area contributed by atoms with Crippen LogP contribution in [0.1, 0.15) is 75.1 Å². The van der Waals surface area contributed by atoms with Gasteiger partial charge in [-0.25, -0.2) is 0 Å². The van der Waals surface area contributed by atoms with Crippen LogP contribution in [-0.2, 0) is 17.8 Å². The minimum Gasteiger partial charge on any atom is -0.390 e. The number of amides is 1. The molecule has 34 heavy (non-hydrogen) atoms. The van der Waals surface area contributed by atoms with Crippen LogP contribution in [0.3, 0.4) is 0 Å². The van der Waals surface area contributed by atoms with Gasteiger partial charge in [0.15, 0.2) is 0 Å². The van der Waals surface area contributed by atoms with E-state index in [2.05, 4.69) is 15.5 Å². The summed E-state index contributed by atoms with van der Waals surface area (Å²) in [5.41, 5.74) is 1.73. The Morgan fingerprint density at radius 2 is 1.94 bits per heavy atom. The zero-order valence-electron chi connectivity index (χ0n) is 20.5. The first-order valence-corrected chi connectivity index (χ1v) is 11.5. The molecule has 0 saturated heterocycles. The summed E-state index contributed by atoms with van der Waals surface area (Å²) in [6, 6.07) is 5.66. The Hall–Kier alpha value is -2.68. The van der Waals surface area contributed by atoms with Crippen molar-refractivity contribution in [1.82, 2.24) is 14.8 Å². The Labute approximate surface area is 199 Å². The highest BCUT2D eigenvalue weighted by atomic mass is 19.4. The number of allylic oxidation sites excluding steroid dienone is 2. The van der Waals surface area contributed by atoms with Crippen molar-refractivity contribution >= 4 is 11.6 Å². The van der Waals surface area contributed by atoms with Gasteiger partial charge in [-0.3, -0.25) is 4.79 Å². The lowest BCUT2D eigenvalue weighted by atomic mass is 9.98. The van der Waals surface area contributed by atoms with E-state index >= 15 is 0 Å². The van der Waals surface area contributed by atoms with Crippen molar-refractivity contribution in [3.05, 3.63) is 53.1 Å². The molecular formula is C25H35F3N4O2. The number of halogens is 3. The molecule has 1 unspecified atom stereocenters. The van der Waals surface area contributed by atoms with Crippen LogP contribution in [0.2, 0.25) is 0 Å². The number of anilines is 1. The van der Waals surface area contributed by atoms with E-state index < -0.39 is 24.2 Å². The van der Waals surface area contributed by atoms with Gasteiger partial charge in [-0.05, 0) is 65.5 Å². The van der Waals surface area contributed by atoms with Crippen molar-refractivity contribution in [3.63, 3.8) is 0 Å². The molecular weight excluding hydrogens is 445 g/mol. The second-order valence-electron chi connectivity index (χ2n) is 9.41. The third-order valence-corrected chi connectivity index (χ3v) is 5.49. The van der Waals surface area contributed by atoms with Gasteiger partial charge >= 0.3 is 6.18 Å². The van der Waals surface area contributed by atoms with E-state index in [0.717, 1.165) is 15.7 Å². The quantitative estimate of drug-likeness (QED) is 0.409. The molecule has 2 N–H and O–H groups in total. The average molecular weight is 481 g/mol. The number of benzene rings is 1. The average Bonchev–Trinajstić information content (AvgIpc) is 3.07. The number of carbonyl (C=O) groups is 1. The standard InChI is InChI=1S/C25H35F3N4O2/c1-6-7-9-19(15-22(33)29-20-12-11-17(2)14-18(20)3)23-31-30-21(10-8-13-24(4,5)34)32(23)16-25(26,27)28/h6-7,11-12,14,19,34H,8-10,13,15-16H2,1-5H3,(H,29,33)/b7-6-. The molecule has 0 aliphatic carbocycles. The van der Waals surface area contributed by atoms with Crippen LogP contribution < -0.4 is 5.32 Å². The Kier molecular flexibility index (Phi) is 9.44. The first-order valence-electron chi connectivity index (χ1n) is 11.5. The monoisotopic (exact) mass is 480 g/mol. The van der Waals surface area contributed by atoms with Crippen LogP contribution in [0, 0.1) is 13.8 Å². The fourth-order valence-electron chi connectivity index (χ4n) is 3.83. The summed E-state index contributed by atoms with van der Waals surface area (Å²) < 4.78 is 41.4. The maximum absolute atomic E-state index is 13.4. The summed E-state index contributed by atoms with van der Waals surface area (Å²) in [5, 5.41) is 20.9. The van der Waals surface area contributed by atoms with Gasteiger partial charge < -0.3 is 15.0 Å². The van der Waals surface area contributed by atoms with Crippen molar-refractivity contribution in [2.24, 2.45) is 0 Å². The van der Waals surface area contributed by atoms with Gasteiger partial charge in [0.25, 0.3) is 0 Å². The van der Waals surface area contributed by atoms with E-state index in [1.165, 1.54) is 0 Å². The molecule has 0 saturated carbocycles. The Morgan fingerprint density at radius 3 is 2.53 bits per heavy atom. The van der Waals surface area contributed by atoms with Gasteiger partial charge in [-0.15, -0.1) is 10.2 Å². The summed E-state index contributed by atoms with van der Waals surface area (Å²) >= 11 is 0. The van der Waals surface area contributed by atoms with Crippen LogP contribution in [0.4, 0.5) is 18.9 Å². The molecule has 2 aromatic rings. The highest BCUT2D eigenvalue weighted by Gasteiger charge is 2.33. The second kappa shape index (κ2) is 11.6. The smallest absolute Gasteiger partial charge is 0.390 e. The van der Waals surface area contributed by atoms with E-state index in [4.69, 9.17) is 0 Å². The first-order chi connectivity index (χ1) is 15.8. The number of aryl methyl sites for hydroxylation is 3. The van der Waals surface area contributed by atoms with Gasteiger partial charge in [-0.2, -0.15) is 13.2 Å². The molecule has 1 heterocycles. The van der Waals surface area contributed by atoms with Crippen LogP contribution in [0.15, 0.2) is 30.4 Å². The number of rotatable bonds is 11. The summed E-state index contributed by atoms with van der Waals surface area (Å²) in [6.45, 7) is 7.74. The van der Waals surface area contributed by atoms with Gasteiger partial charge in [0.05, 0.1) is 5.60 Å². The summed E-state index contributed by atoms with van der Waals surface area (Å²) in [6.07, 6.45) is 0.605. The molecule has 0 aliphatic rings. The minimum absolute atomic E-state index is 0.0304. The van der Waals surface area contributed by atoms with Crippen molar-refractivity contribution in [2.45, 2.75) is 91.0 Å². The largest absolute Gasteiger partial charge is 0.406 e. The Bertz CT molecular complexity index is 991. The van der Waals surface area contributed by atoms with Crippen molar-refractivity contribution < 1.29 is 23.1 Å². The van der Waals surface area contributed by atoms with Gasteiger partial charge in [0.2, 0.25) is 5.91 Å². The molecule has 0 radical (unpaired) electrons. The predicted molar refractivity (Wildman–Crippen MR) is 127 cm³/mol. The Balaban J connectivity index is 2.29. The normalized spacial score (nSPS) is 13.4. The lowest BCUT2D eigenvalue weighted by Crippen LogP contribution is -2.25. The highest BCUT2D eigenvalue weighted by molar-refractivity contribution is 5.92. The van der Waals surface area contributed by atoms with Crippen molar-refractivity contribution in [3.8, 4) is 0 Å². The number of nitrogens with one attached hydrogen (secondary N) is 1. The number of hydrogen-bond acceptors (Lipinski definition) is 4. The number of alkyl halides is 3. The van der Waals surface area contributed by atoms with E-state index in [0.29, 0.717) is 24.9 Å². The summed E-state index contributed by atoms with van der Waals surface area (Å²) in [4.78, 5) is 12.8. The molecule has 188 valence electrons. The molecule has 2 rings (SSSR count). The molecule has 1 amide bonds. The third kappa shape index (κ3) is 8.93. The maximum Gasteiger partial charge on any atom is 0.406 e. The summed E-state index contributed by atoms with van der Waals surface area (Å²) in [5.74, 6) is -0.521. The van der Waals surface area contributed by atoms with Crippen LogP contribution in [0.25, 0.3) is 0 Å². The Morgan fingerprint density at radius 1 is 1.24 bits per heavy atom. The SMILES string of the molecule is C/C=C\CC(CC(=O)Nc1ccc(C)cc1C)c1nnc(CCCC(C)(C)O)n1CC(F)(F)F. The lowest BCUT2D eigenvalue weighted by molar-refractivity contribution is -0.141. The summed E-state index contributed by atoms with van der Waals surface area (Å²) in [7, 11) is 0. The number of aromatic nitrogens is 3. The molecule has 1 aromatic carbocycles. The molecule has 0 bridgehead atoms. The van der Waals surface area contributed by atoms with Crippen LogP contribution in [-0.4, -0.2) is 37.6 Å². The predicted octanol–water partition coefficient (Wildman–Crippen LogP) is 5.63. The number of aliphatic hydroxyl groups is 1. The molecule has 0 fully saturated rings. The maximum atomic E-state index is 13.4. The minimum atomic E-state index is -4.46. The number of nitrogens with zero attached hydrogens (tertiary/aromatic N) is 3. The second-order valence-corrected chi connectivity index (χ2v) is 9.41. The lowest BCUT2D eigenvalue weighted by Gasteiger charge is -2.20. The molecule has 0 spiro atoms. The molecule has 1 aromatic heterocycles. The zero-order valence-corrected chi connectivity index (χ0v) is 20.5. The highest BCUT2D eigenvalue weighted by Crippen LogP contribution is 2.29. The van der Waals surface area contributed by atoms with Gasteiger partial charge in [0.1, 0.15) is 18.2 Å². The molecule has 9 heteroatoms. The number of hydrogen-bond donors (Lipinski definition) is 2.